The van der Waals surface area contributed by atoms with Gasteiger partial charge in [-0.1, -0.05) is 0 Å². The minimum Gasteiger partial charge on any atom is -0.463 e. The van der Waals surface area contributed by atoms with Crippen molar-refractivity contribution in [1.29, 1.82) is 0 Å². The third-order valence-electron chi connectivity index (χ3n) is 3.44. The van der Waals surface area contributed by atoms with Crippen LogP contribution in [0.3, 0.4) is 0 Å². The first-order valence-corrected chi connectivity index (χ1v) is 8.41. The zero-order chi connectivity index (χ0) is 22.4. The van der Waals surface area contributed by atoms with E-state index in [0.29, 0.717) is 3.57 Å². The number of nitrogens with zero attached hydrogens (tertiary/aromatic N) is 2. The number of nitrogens with two attached hydrogens (primary N) is 1. The Morgan fingerprint density at radius 3 is 2.52 bits per heavy atom. The number of hydrogen-bond donors (Lipinski definition) is 1. The summed E-state index contributed by atoms with van der Waals surface area (Å²) >= 11 is 1.82. The molecule has 0 aliphatic carbocycles. The number of anilines is 1. The maximum Gasteiger partial charge on any atom is 0.351 e. The molecule has 1 unspecified atom stereocenters. The maximum atomic E-state index is 12.3. The number of carbonyl (C=O) groups excluding carboxylic acids is 3. The van der Waals surface area contributed by atoms with E-state index in [-0.39, 0.29) is 5.82 Å². The summed E-state index contributed by atoms with van der Waals surface area (Å²) in [5.41, 5.74) is 4.76. The molecule has 0 aromatic carbocycles. The molecule has 2 N–H and O–H groups in total. The topological polar surface area (TPSA) is 149 Å². The smallest absolute Gasteiger partial charge is 0.351 e. The summed E-state index contributed by atoms with van der Waals surface area (Å²) in [5, 5.41) is 0. The average molecular weight is 498 g/mol. The molecule has 1 aliphatic heterocycles. The molecule has 1 saturated heterocycles. The van der Waals surface area contributed by atoms with E-state index < -0.39 is 75.4 Å². The second-order valence-corrected chi connectivity index (χ2v) is 6.48. The van der Waals surface area contributed by atoms with Gasteiger partial charge in [-0.15, -0.1) is 0 Å². The van der Waals surface area contributed by atoms with Crippen molar-refractivity contribution in [3.8, 4) is 0 Å². The summed E-state index contributed by atoms with van der Waals surface area (Å²) in [5.74, 6) is -2.89. The Hall–Kier alpha value is -2.22. The van der Waals surface area contributed by atoms with Gasteiger partial charge in [-0.25, -0.2) is 4.79 Å². The van der Waals surface area contributed by atoms with Gasteiger partial charge in [0.1, 0.15) is 18.5 Å². The van der Waals surface area contributed by atoms with Crippen LogP contribution in [-0.4, -0.2) is 52.4 Å². The van der Waals surface area contributed by atoms with E-state index in [1.165, 1.54) is 6.20 Å². The Morgan fingerprint density at radius 2 is 1.89 bits per heavy atom. The lowest BCUT2D eigenvalue weighted by molar-refractivity contribution is -0.166. The van der Waals surface area contributed by atoms with E-state index in [2.05, 4.69) is 4.98 Å². The van der Waals surface area contributed by atoms with Gasteiger partial charge in [0.25, 0.3) is 0 Å². The molecule has 12 heteroatoms. The first-order chi connectivity index (χ1) is 14.2. The predicted octanol–water partition coefficient (Wildman–Crippen LogP) is -0.246. The van der Waals surface area contributed by atoms with Crippen LogP contribution in [0.2, 0.25) is 0 Å². The number of nitrogen functional groups attached to an aromatic ring is 1. The van der Waals surface area contributed by atoms with Gasteiger partial charge < -0.3 is 24.7 Å². The standard InChI is InChI=1S/C15H18IN3O8/c1-6(20)24-5-10-11(25-7(2)21)12(26-8(3)22)14(27-10)19-4-9(16)13(17)18-15(19)23/h4,10-12,14H,5H2,1-3H3,(H2,17,18,23)/t10-,11+,12-,14?/m1/s1/i1D,2D,3D. The van der Waals surface area contributed by atoms with Crippen LogP contribution in [0.4, 0.5) is 5.82 Å². The fourth-order valence-corrected chi connectivity index (χ4v) is 2.87. The van der Waals surface area contributed by atoms with Crippen LogP contribution in [0.25, 0.3) is 0 Å². The minimum absolute atomic E-state index is 0.0346. The van der Waals surface area contributed by atoms with E-state index in [0.717, 1.165) is 4.57 Å². The Bertz CT molecular complexity index is 870. The van der Waals surface area contributed by atoms with Gasteiger partial charge in [0.05, 0.1) is 3.57 Å². The summed E-state index contributed by atoms with van der Waals surface area (Å²) < 4.78 is 43.5. The van der Waals surface area contributed by atoms with Crippen LogP contribution in [0, 0.1) is 3.57 Å². The second-order valence-electron chi connectivity index (χ2n) is 5.32. The molecule has 1 aromatic heterocycles. The molecule has 2 heterocycles. The van der Waals surface area contributed by atoms with E-state index >= 15 is 0 Å². The molecule has 148 valence electrons. The Balaban J connectivity index is 2.45. The fourth-order valence-electron chi connectivity index (χ4n) is 2.45. The SMILES string of the molecule is [2H]CC(=O)OC[C@H]1OC(n2cc(I)c(N)nc2=O)[C@H](OC(=O)C[2H])[C@H]1OC(=O)C[2H]. The monoisotopic (exact) mass is 498 g/mol. The summed E-state index contributed by atoms with van der Waals surface area (Å²) in [6.45, 7) is -2.65. The highest BCUT2D eigenvalue weighted by molar-refractivity contribution is 14.1. The van der Waals surface area contributed by atoms with E-state index in [1.807, 2.05) is 22.6 Å². The molecular weight excluding hydrogens is 477 g/mol. The third-order valence-corrected chi connectivity index (χ3v) is 4.27. The summed E-state index contributed by atoms with van der Waals surface area (Å²) in [6.07, 6.45) is -4.01. The van der Waals surface area contributed by atoms with Gasteiger partial charge in [-0.3, -0.25) is 19.0 Å². The lowest BCUT2D eigenvalue weighted by Crippen LogP contribution is -2.42. The molecular formula is C15H18IN3O8. The van der Waals surface area contributed by atoms with Gasteiger partial charge in [0.2, 0.25) is 0 Å². The van der Waals surface area contributed by atoms with Crippen LogP contribution < -0.4 is 11.4 Å². The number of esters is 3. The molecule has 0 amide bonds. The van der Waals surface area contributed by atoms with Crippen molar-refractivity contribution < 1.29 is 37.4 Å². The number of aromatic nitrogens is 2. The molecule has 1 fully saturated rings. The van der Waals surface area contributed by atoms with Crippen molar-refractivity contribution in [2.24, 2.45) is 0 Å². The van der Waals surface area contributed by atoms with Crippen molar-refractivity contribution in [2.75, 3.05) is 12.3 Å². The highest BCUT2D eigenvalue weighted by atomic mass is 127. The third kappa shape index (κ3) is 5.15. The van der Waals surface area contributed by atoms with Gasteiger partial charge in [-0.05, 0) is 22.6 Å². The summed E-state index contributed by atoms with van der Waals surface area (Å²) in [6, 6.07) is 0. The molecule has 27 heavy (non-hydrogen) atoms. The molecule has 1 aromatic rings. The Kier molecular flexibility index (Phi) is 5.42. The normalized spacial score (nSPS) is 25.7. The van der Waals surface area contributed by atoms with E-state index in [4.69, 9.17) is 28.8 Å². The molecule has 1 aliphatic rings. The first kappa shape index (κ1) is 16.9. The summed E-state index contributed by atoms with van der Waals surface area (Å²) in [7, 11) is 0. The minimum atomic E-state index is -1.41. The van der Waals surface area contributed by atoms with Crippen molar-refractivity contribution in [1.82, 2.24) is 9.55 Å². The quantitative estimate of drug-likeness (QED) is 0.327. The zero-order valence-corrected chi connectivity index (χ0v) is 16.0. The number of carbonyl (C=O) groups is 3. The largest absolute Gasteiger partial charge is 0.463 e. The highest BCUT2D eigenvalue weighted by Crippen LogP contribution is 2.34. The molecule has 0 saturated carbocycles. The van der Waals surface area contributed by atoms with Crippen LogP contribution in [0.15, 0.2) is 11.0 Å². The van der Waals surface area contributed by atoms with Crippen LogP contribution in [0.1, 0.15) is 31.0 Å². The van der Waals surface area contributed by atoms with Crippen molar-refractivity contribution in [2.45, 2.75) is 45.2 Å². The Morgan fingerprint density at radius 1 is 1.26 bits per heavy atom. The van der Waals surface area contributed by atoms with E-state index in [1.54, 1.807) is 0 Å². The molecule has 0 bridgehead atoms. The van der Waals surface area contributed by atoms with Crippen molar-refractivity contribution >= 4 is 46.3 Å². The zero-order valence-electron chi connectivity index (χ0n) is 16.8. The molecule has 11 nitrogen and oxygen atoms in total. The van der Waals surface area contributed by atoms with Gasteiger partial charge in [-0.2, -0.15) is 4.98 Å². The molecule has 2 rings (SSSR count). The van der Waals surface area contributed by atoms with Crippen LogP contribution in [-0.2, 0) is 33.3 Å². The second kappa shape index (κ2) is 8.65. The van der Waals surface area contributed by atoms with E-state index in [9.17, 15) is 19.2 Å². The summed E-state index contributed by atoms with van der Waals surface area (Å²) in [4.78, 5) is 50.9. The van der Waals surface area contributed by atoms with Crippen molar-refractivity contribution in [3.05, 3.63) is 20.3 Å². The molecule has 4 atom stereocenters. The Labute approximate surface area is 171 Å². The number of rotatable bonds is 5. The fraction of sp³-hybridized carbons (Fsp3) is 0.533. The van der Waals surface area contributed by atoms with Gasteiger partial charge in [0, 0.05) is 31.0 Å². The molecule has 0 radical (unpaired) electrons. The predicted molar refractivity (Wildman–Crippen MR) is 97.3 cm³/mol. The van der Waals surface area contributed by atoms with Crippen LogP contribution >= 0.6 is 22.6 Å². The van der Waals surface area contributed by atoms with Gasteiger partial charge in [0.15, 0.2) is 18.4 Å². The highest BCUT2D eigenvalue weighted by Gasteiger charge is 2.51. The van der Waals surface area contributed by atoms with Gasteiger partial charge >= 0.3 is 23.6 Å². The molecule has 0 spiro atoms. The average Bonchev–Trinajstić information content (AvgIpc) is 3.05. The first-order valence-electron chi connectivity index (χ1n) is 9.45. The lowest BCUT2D eigenvalue weighted by atomic mass is 10.1. The number of hydrogen-bond acceptors (Lipinski definition) is 10. The number of halogens is 1. The number of ether oxygens (including phenoxy) is 4. The lowest BCUT2D eigenvalue weighted by Gasteiger charge is -2.24. The van der Waals surface area contributed by atoms with Crippen LogP contribution in [0.5, 0.6) is 0 Å². The van der Waals surface area contributed by atoms with Crippen molar-refractivity contribution in [3.63, 3.8) is 0 Å². The maximum absolute atomic E-state index is 12.3.